The highest BCUT2D eigenvalue weighted by Crippen LogP contribution is 2.29. The van der Waals surface area contributed by atoms with Crippen molar-refractivity contribution in [2.45, 2.75) is 240 Å². The summed E-state index contributed by atoms with van der Waals surface area (Å²) in [7, 11) is 9.46. The van der Waals surface area contributed by atoms with Crippen LogP contribution in [0.15, 0.2) is 97.7 Å². The number of carbonyl (C=O) groups excluding carboxylic acids is 17. The number of aliphatic hydroxyl groups is 1. The summed E-state index contributed by atoms with van der Waals surface area (Å²) in [5.41, 5.74) is 13.5. The average Bonchev–Trinajstić information content (AvgIpc) is 1.29. The van der Waals surface area contributed by atoms with E-state index in [-0.39, 0.29) is 108 Å². The van der Waals surface area contributed by atoms with Gasteiger partial charge < -0.3 is 129 Å². The highest BCUT2D eigenvalue weighted by Gasteiger charge is 2.46. The number of aliphatic carboxylic acids is 2. The van der Waals surface area contributed by atoms with E-state index < -0.39 is 254 Å². The van der Waals surface area contributed by atoms with Crippen LogP contribution in [0.2, 0.25) is 0 Å². The number of nitrogens with two attached hydrogens (primary N) is 2. The number of aromatic hydroxyl groups is 1. The van der Waals surface area contributed by atoms with Gasteiger partial charge in [0, 0.05) is 118 Å². The summed E-state index contributed by atoms with van der Waals surface area (Å²) in [6, 6.07) is -3.57. The molecule has 14 atom stereocenters. The van der Waals surface area contributed by atoms with Gasteiger partial charge in [-0.25, -0.2) is 4.98 Å². The van der Waals surface area contributed by atoms with Gasteiger partial charge in [0.2, 0.25) is 100 Å². The van der Waals surface area contributed by atoms with Crippen LogP contribution in [0.3, 0.4) is 0 Å². The van der Waals surface area contributed by atoms with Crippen molar-refractivity contribution in [2.24, 2.45) is 11.5 Å². The number of benzene rings is 3. The Morgan fingerprint density at radius 3 is 1.70 bits per heavy atom. The lowest BCUT2D eigenvalue weighted by molar-refractivity contribution is -0.149. The Morgan fingerprint density at radius 1 is 0.532 bits per heavy atom. The molecule has 3 fully saturated rings. The molecule has 21 N–H and O–H groups in total. The number of nitrogens with zero attached hydrogens (tertiary/aromatic N) is 7. The Bertz CT molecular complexity index is 5390. The summed E-state index contributed by atoms with van der Waals surface area (Å²) in [6.07, 6.45) is 3.92. The van der Waals surface area contributed by atoms with Crippen molar-refractivity contribution in [1.29, 1.82) is 0 Å². The third-order valence-corrected chi connectivity index (χ3v) is 25.9. The number of imidazole rings is 1. The van der Waals surface area contributed by atoms with Gasteiger partial charge in [0.05, 0.1) is 31.7 Å². The van der Waals surface area contributed by atoms with Gasteiger partial charge in [-0.3, -0.25) is 91.1 Å². The molecule has 3 saturated heterocycles. The number of H-pyrrole nitrogens is 2. The number of carboxylic acids is 2. The first kappa shape index (κ1) is 109. The number of likely N-dealkylation sites (N-methyl/N-ethyl adjacent to an activating group) is 3. The summed E-state index contributed by atoms with van der Waals surface area (Å²) in [4.78, 5) is 291. The molecule has 0 spiro atoms. The number of primary amides is 2. The predicted molar refractivity (Wildman–Crippen MR) is 506 cm³/mol. The largest absolute Gasteiger partial charge is 0.508 e. The van der Waals surface area contributed by atoms with E-state index in [2.05, 4.69) is 73.3 Å². The summed E-state index contributed by atoms with van der Waals surface area (Å²) in [5.74, 6) is -20.5. The predicted octanol–water partition coefficient (Wildman–Crippen LogP) is -2.94. The first-order chi connectivity index (χ1) is 66.3. The number of amides is 17. The second-order valence-electron chi connectivity index (χ2n) is 34.9. The first-order valence-corrected chi connectivity index (χ1v) is 47.4. The number of aliphatic hydroxyl groups excluding tert-OH is 1. The molecule has 3 aromatic heterocycles. The van der Waals surface area contributed by atoms with E-state index in [1.807, 2.05) is 13.8 Å². The third kappa shape index (κ3) is 30.5. The lowest BCUT2D eigenvalue weighted by Gasteiger charge is -2.36. The van der Waals surface area contributed by atoms with Gasteiger partial charge in [-0.1, -0.05) is 88.1 Å². The van der Waals surface area contributed by atoms with Crippen LogP contribution in [0.25, 0.3) is 21.8 Å². The van der Waals surface area contributed by atoms with Crippen molar-refractivity contribution < 1.29 is 112 Å². The fourth-order valence-electron chi connectivity index (χ4n) is 17.1. The Hall–Kier alpha value is -14.0. The molecule has 9 rings (SSSR count). The molecule has 0 unspecified atom stereocenters. The molecule has 0 aliphatic carbocycles. The fourth-order valence-corrected chi connectivity index (χ4v) is 18.0. The third-order valence-electron chi connectivity index (χ3n) is 24.8. The van der Waals surface area contributed by atoms with E-state index in [1.165, 1.54) is 75.6 Å². The number of nitrogens with one attached hydrogen (secondary N) is 13. The van der Waals surface area contributed by atoms with Crippen LogP contribution < -0.4 is 69.9 Å². The van der Waals surface area contributed by atoms with Gasteiger partial charge in [0.1, 0.15) is 96.9 Å². The molecule has 750 valence electrons. The lowest BCUT2D eigenvalue weighted by Crippen LogP contribution is -2.61. The highest BCUT2D eigenvalue weighted by molar-refractivity contribution is 8.00. The van der Waals surface area contributed by atoms with Crippen molar-refractivity contribution in [1.82, 2.24) is 102 Å². The van der Waals surface area contributed by atoms with Gasteiger partial charge in [-0.05, 0) is 119 Å². The number of phenols is 1. The molecular formula is C92H125BN22O23S. The van der Waals surface area contributed by atoms with Crippen molar-refractivity contribution >= 4 is 154 Å². The van der Waals surface area contributed by atoms with Gasteiger partial charge in [-0.15, -0.1) is 11.8 Å². The second-order valence-corrected chi connectivity index (χ2v) is 35.9. The zero-order valence-corrected chi connectivity index (χ0v) is 79.3. The minimum absolute atomic E-state index is 0.0364. The molecule has 47 heteroatoms. The number of hydrogen-bond donors (Lipinski definition) is 19. The van der Waals surface area contributed by atoms with E-state index in [0.717, 1.165) is 36.3 Å². The van der Waals surface area contributed by atoms with Gasteiger partial charge in [0.25, 0.3) is 0 Å². The van der Waals surface area contributed by atoms with Crippen molar-refractivity contribution in [3.05, 3.63) is 120 Å². The Morgan fingerprint density at radius 2 is 1.09 bits per heavy atom. The smallest absolute Gasteiger partial charge is 0.323 e. The Balaban J connectivity index is 1.12. The number of fused-ring (bicyclic) bond motifs is 4. The van der Waals surface area contributed by atoms with Crippen LogP contribution in [-0.4, -0.2) is 335 Å². The number of para-hydroxylation sites is 2. The fraction of sp³-hybridized carbons (Fsp3) is 0.522. The normalized spacial score (nSPS) is 23.8. The average molecular weight is 1950 g/mol. The van der Waals surface area contributed by atoms with Crippen LogP contribution in [-0.2, 0) is 123 Å². The minimum Gasteiger partial charge on any atom is -0.508 e. The summed E-state index contributed by atoms with van der Waals surface area (Å²) >= 11 is 0.759. The molecule has 139 heavy (non-hydrogen) atoms. The van der Waals surface area contributed by atoms with Crippen LogP contribution in [0.4, 0.5) is 0 Å². The molecule has 0 bridgehead atoms. The molecule has 17 amide bonds. The van der Waals surface area contributed by atoms with Gasteiger partial charge >= 0.3 is 11.9 Å². The number of phenolic OH excluding ortho intramolecular Hbond substituents is 1. The minimum atomic E-state index is -1.97. The second kappa shape index (κ2) is 52.5. The van der Waals surface area contributed by atoms with E-state index in [1.54, 1.807) is 54.7 Å². The van der Waals surface area contributed by atoms with Gasteiger partial charge in [-0.2, -0.15) is 0 Å². The maximum Gasteiger partial charge on any atom is 0.323 e. The number of aromatic amines is 2. The lowest BCUT2D eigenvalue weighted by atomic mass is 10.00. The monoisotopic (exact) mass is 1950 g/mol. The number of hydrogen-bond acceptors (Lipinski definition) is 24. The number of thioether (sulfide) groups is 1. The van der Waals surface area contributed by atoms with Crippen LogP contribution >= 0.6 is 11.8 Å². The highest BCUT2D eigenvalue weighted by atomic mass is 32.2. The molecule has 3 aliphatic heterocycles. The maximum atomic E-state index is 15.9. The first-order valence-electron chi connectivity index (χ1n) is 46.3. The van der Waals surface area contributed by atoms with Gasteiger partial charge in [0.15, 0.2) is 7.98 Å². The molecule has 45 nitrogen and oxygen atoms in total. The number of aromatic nitrogens is 4. The van der Waals surface area contributed by atoms with E-state index >= 15 is 38.4 Å². The zero-order valence-electron chi connectivity index (χ0n) is 78.4. The molecule has 0 saturated carbocycles. The zero-order chi connectivity index (χ0) is 101. The molecule has 3 aliphatic rings. The van der Waals surface area contributed by atoms with Crippen LogP contribution in [0.1, 0.15) is 146 Å². The Kier molecular flexibility index (Phi) is 41.1. The molecule has 3 aromatic carbocycles. The Labute approximate surface area is 807 Å². The summed E-state index contributed by atoms with van der Waals surface area (Å²) < 4.78 is 1.40. The van der Waals surface area contributed by atoms with Crippen LogP contribution in [0.5, 0.6) is 5.75 Å². The number of carboxylic acid groups (broad SMARTS) is 2. The SMILES string of the molecule is [B]NCCCC[C@@H]1NC(=O)[C@H](CCCC)N(C)C(=O)[C@H](CCCC)N(C)C(=O)[C@H](Cc2cn(CC(=O)O)c3ccccc23)NC(=O)[C@H](CO)NC(=O)[C@H](Cc2c[nH]c3ccccc23)NC(=O)[C@@H]2CCCN2C(=O)[C@H](CCC(=O)O)NC(=O)[C@H](Cc2cnc[nH]2)NC(=O)[C@@H]2CCCN2C(=O)[C@H](CC(N)=O)NC(=O)[C@H](C)N(C)C(=O)[C@H](Cc2ccc(O)cc2)NC(=O)CSC[C@@H](C(=O)NCC(N)=O)NC1=O. The number of carbonyl (C=O) groups is 19. The standard InChI is InChI=1S/C92H125BN22O23S/c1-7-9-23-70-85(131)102-60(22-15-16-34-100-93)81(127)109-68(80(126)98-44-75(95)119)48-139-49-76(120)101-64(37-52-28-30-56(117)31-29-52)88(134)110(4)51(3)79(125)106-66(41-74(94)118)91(137)115-36-18-27-72(115)87(133)105-63(40-55-43-96-50-99-55)83(129)103-61(32-33-77(121)122)90(136)114-35-17-26-71(114)86(132)104-62(38-53-42-97-59-21-13-11-19-57(53)59)82(128)108-67(47-116)84(130)107-65(89(135)112(6)73(24-10-8-2)92(138)111(70)5)39-54-45-113(46-78(123)124)69-25-14-12-20-58(54)69/h11-14,19-21,25,28-31,42-43,45,50-51,60-68,70-73,97,100,116-117H,7-10,15-18,22-24,26-27,32-41,44,46-49H2,1-6H3,(H2,94,118)(H2,95,119)(H,96,99)(H,98,126)(H,101,120)(H,102,131)(H,103,129)(H,104,132)(H,105,133)(H,106,125)(H,107,130)(H,108,128)(H,109,127)(H,121,122)(H,123,124)/t51-,60-,61-,62-,63-,64-,65-,66-,67-,68-,70-,71-,72-,73-/m0/s1. The summed E-state index contributed by atoms with van der Waals surface area (Å²) in [6.45, 7) is 2.33. The summed E-state index contributed by atoms with van der Waals surface area (Å²) in [5, 5.41) is 71.4. The molecular weight excluding hydrogens is 1820 g/mol. The van der Waals surface area contributed by atoms with Crippen molar-refractivity contribution in [2.75, 3.05) is 65.4 Å². The number of rotatable bonds is 30. The molecule has 2 radical (unpaired) electrons. The number of unbranched alkanes of at least 4 members (excludes halogenated alkanes) is 3. The van der Waals surface area contributed by atoms with Crippen molar-refractivity contribution in [3.8, 4) is 5.75 Å². The molecule has 6 heterocycles. The quantitative estimate of drug-likeness (QED) is 0.0158. The van der Waals surface area contributed by atoms with Crippen LogP contribution in [0, 0.1) is 0 Å². The van der Waals surface area contributed by atoms with E-state index in [9.17, 15) is 73.2 Å². The van der Waals surface area contributed by atoms with E-state index in [4.69, 9.17) is 19.4 Å². The van der Waals surface area contributed by atoms with E-state index in [0.29, 0.717) is 64.2 Å². The maximum absolute atomic E-state index is 15.9. The molecule has 6 aromatic rings. The topological polar surface area (TPSA) is 655 Å². The van der Waals surface area contributed by atoms with Crippen molar-refractivity contribution in [3.63, 3.8) is 0 Å².